The summed E-state index contributed by atoms with van der Waals surface area (Å²) in [5.74, 6) is 0.812. The van der Waals surface area contributed by atoms with E-state index in [0.717, 1.165) is 22.3 Å². The van der Waals surface area contributed by atoms with E-state index in [9.17, 15) is 20.2 Å². The van der Waals surface area contributed by atoms with Crippen LogP contribution in [0.1, 0.15) is 0 Å². The van der Waals surface area contributed by atoms with E-state index in [1.165, 1.54) is 0 Å². The molecule has 0 fully saturated rings. The van der Waals surface area contributed by atoms with Gasteiger partial charge in [0.15, 0.2) is 11.6 Å². The number of halogens is 1. The average molecular weight is 433 g/mol. The summed E-state index contributed by atoms with van der Waals surface area (Å²) in [4.78, 5) is 31.2. The smallest absolute Gasteiger partial charge is 0.348 e. The standard InChI is InChI=1S/C16H13BrN6O4/c1-21(2)16-15(18-10-5-3-9(17)4-6-10)19-11-7-13(22(24)25)14(23(26)27)8-12(11)20-16/h3-8H,1-2H3,(H,18,19). The predicted octanol–water partition coefficient (Wildman–Crippen LogP) is 4.02. The van der Waals surface area contributed by atoms with Crippen molar-refractivity contribution in [2.45, 2.75) is 0 Å². The van der Waals surface area contributed by atoms with Crippen LogP contribution in [0, 0.1) is 20.2 Å². The van der Waals surface area contributed by atoms with E-state index in [1.807, 2.05) is 24.3 Å². The highest BCUT2D eigenvalue weighted by Gasteiger charge is 2.26. The molecule has 0 unspecified atom stereocenters. The number of nitrogens with zero attached hydrogens (tertiary/aromatic N) is 5. The highest BCUT2D eigenvalue weighted by atomic mass is 79.9. The molecule has 1 N–H and O–H groups in total. The summed E-state index contributed by atoms with van der Waals surface area (Å²) in [5.41, 5.74) is -0.143. The van der Waals surface area contributed by atoms with Gasteiger partial charge in [0, 0.05) is 24.3 Å². The van der Waals surface area contributed by atoms with E-state index in [1.54, 1.807) is 19.0 Å². The Morgan fingerprint density at radius 2 is 1.48 bits per heavy atom. The van der Waals surface area contributed by atoms with Crippen LogP contribution in [0.2, 0.25) is 0 Å². The molecule has 11 heteroatoms. The number of anilines is 3. The molecule has 0 aliphatic rings. The summed E-state index contributed by atoms with van der Waals surface area (Å²) in [6, 6.07) is 9.48. The van der Waals surface area contributed by atoms with E-state index >= 15 is 0 Å². The maximum absolute atomic E-state index is 11.2. The van der Waals surface area contributed by atoms with Crippen LogP contribution in [-0.4, -0.2) is 33.9 Å². The number of rotatable bonds is 5. The maximum Gasteiger partial charge on any atom is 0.348 e. The summed E-state index contributed by atoms with van der Waals surface area (Å²) in [7, 11) is 3.50. The molecule has 0 radical (unpaired) electrons. The summed E-state index contributed by atoms with van der Waals surface area (Å²) in [5, 5.41) is 25.4. The number of fused-ring (bicyclic) bond motifs is 1. The topological polar surface area (TPSA) is 127 Å². The predicted molar refractivity (Wildman–Crippen MR) is 105 cm³/mol. The SMILES string of the molecule is CN(C)c1nc2cc([N+](=O)[O-])c([N+](=O)[O-])cc2nc1Nc1ccc(Br)cc1. The number of aromatic nitrogens is 2. The first-order valence-electron chi connectivity index (χ1n) is 7.61. The Morgan fingerprint density at radius 1 is 0.963 bits per heavy atom. The van der Waals surface area contributed by atoms with Crippen molar-refractivity contribution in [3.63, 3.8) is 0 Å². The average Bonchev–Trinajstić information content (AvgIpc) is 2.61. The van der Waals surface area contributed by atoms with Crippen LogP contribution in [0.25, 0.3) is 11.0 Å². The van der Waals surface area contributed by atoms with E-state index in [-0.39, 0.29) is 11.0 Å². The number of nitrogens with one attached hydrogen (secondary N) is 1. The number of benzene rings is 2. The monoisotopic (exact) mass is 432 g/mol. The fourth-order valence-electron chi connectivity index (χ4n) is 2.43. The Hall–Kier alpha value is -3.34. The summed E-state index contributed by atoms with van der Waals surface area (Å²) in [6.07, 6.45) is 0. The van der Waals surface area contributed by atoms with Gasteiger partial charge in [0.2, 0.25) is 0 Å². The Labute approximate surface area is 161 Å². The molecular formula is C16H13BrN6O4. The molecular weight excluding hydrogens is 420 g/mol. The molecule has 3 aromatic rings. The molecule has 0 aliphatic heterocycles. The third-order valence-electron chi connectivity index (χ3n) is 3.67. The summed E-state index contributed by atoms with van der Waals surface area (Å²) < 4.78 is 0.911. The van der Waals surface area contributed by atoms with Gasteiger partial charge in [-0.2, -0.15) is 0 Å². The minimum Gasteiger partial charge on any atom is -0.360 e. The van der Waals surface area contributed by atoms with Crippen molar-refractivity contribution >= 4 is 55.7 Å². The molecule has 138 valence electrons. The van der Waals surface area contributed by atoms with Crippen LogP contribution in [0.4, 0.5) is 28.7 Å². The second kappa shape index (κ2) is 7.11. The van der Waals surface area contributed by atoms with Crippen LogP contribution in [0.3, 0.4) is 0 Å². The number of hydrogen-bond acceptors (Lipinski definition) is 8. The minimum atomic E-state index is -0.805. The molecule has 3 rings (SSSR count). The lowest BCUT2D eigenvalue weighted by Crippen LogP contribution is -2.14. The third-order valence-corrected chi connectivity index (χ3v) is 4.19. The first-order valence-corrected chi connectivity index (χ1v) is 8.40. The highest BCUT2D eigenvalue weighted by Crippen LogP contribution is 2.33. The molecule has 1 heterocycles. The molecule has 0 saturated heterocycles. The van der Waals surface area contributed by atoms with Gasteiger partial charge in [-0.3, -0.25) is 20.2 Å². The first-order chi connectivity index (χ1) is 12.8. The lowest BCUT2D eigenvalue weighted by molar-refractivity contribution is -0.422. The van der Waals surface area contributed by atoms with E-state index in [2.05, 4.69) is 31.2 Å². The van der Waals surface area contributed by atoms with Crippen LogP contribution >= 0.6 is 15.9 Å². The Balaban J connectivity index is 2.19. The van der Waals surface area contributed by atoms with Crippen LogP contribution < -0.4 is 10.2 Å². The van der Waals surface area contributed by atoms with Crippen molar-refractivity contribution < 1.29 is 9.85 Å². The highest BCUT2D eigenvalue weighted by molar-refractivity contribution is 9.10. The minimum absolute atomic E-state index is 0.178. The van der Waals surface area contributed by atoms with Gasteiger partial charge >= 0.3 is 11.4 Å². The van der Waals surface area contributed by atoms with Gasteiger partial charge in [-0.15, -0.1) is 0 Å². The molecule has 10 nitrogen and oxygen atoms in total. The quantitative estimate of drug-likeness (QED) is 0.472. The van der Waals surface area contributed by atoms with Crippen molar-refractivity contribution in [1.29, 1.82) is 0 Å². The van der Waals surface area contributed by atoms with Crippen molar-refractivity contribution in [2.24, 2.45) is 0 Å². The Morgan fingerprint density at radius 3 is 1.96 bits per heavy atom. The zero-order valence-corrected chi connectivity index (χ0v) is 15.8. The molecule has 0 atom stereocenters. The molecule has 0 bridgehead atoms. The molecule has 0 aliphatic carbocycles. The largest absolute Gasteiger partial charge is 0.360 e. The normalized spacial score (nSPS) is 10.6. The second-order valence-corrected chi connectivity index (χ2v) is 6.68. The molecule has 27 heavy (non-hydrogen) atoms. The van der Waals surface area contributed by atoms with Gasteiger partial charge in [0.05, 0.1) is 33.0 Å². The zero-order chi connectivity index (χ0) is 19.7. The fraction of sp³-hybridized carbons (Fsp3) is 0.125. The van der Waals surface area contributed by atoms with Crippen molar-refractivity contribution in [1.82, 2.24) is 9.97 Å². The molecule has 1 aromatic heterocycles. The lowest BCUT2D eigenvalue weighted by Gasteiger charge is -2.17. The summed E-state index contributed by atoms with van der Waals surface area (Å²) in [6.45, 7) is 0. The van der Waals surface area contributed by atoms with Gasteiger partial charge < -0.3 is 10.2 Å². The zero-order valence-electron chi connectivity index (χ0n) is 14.2. The van der Waals surface area contributed by atoms with Crippen molar-refractivity contribution in [2.75, 3.05) is 24.3 Å². The molecule has 0 spiro atoms. The van der Waals surface area contributed by atoms with Gasteiger partial charge in [-0.1, -0.05) is 15.9 Å². The molecule has 0 amide bonds. The summed E-state index contributed by atoms with van der Waals surface area (Å²) >= 11 is 3.36. The number of nitro groups is 2. The van der Waals surface area contributed by atoms with Crippen LogP contribution in [-0.2, 0) is 0 Å². The van der Waals surface area contributed by atoms with Gasteiger partial charge in [-0.25, -0.2) is 9.97 Å². The van der Waals surface area contributed by atoms with E-state index in [0.29, 0.717) is 11.6 Å². The Kier molecular flexibility index (Phi) is 4.86. The number of hydrogen-bond donors (Lipinski definition) is 1. The van der Waals surface area contributed by atoms with E-state index < -0.39 is 21.2 Å². The number of nitro benzene ring substituents is 2. The maximum atomic E-state index is 11.2. The van der Waals surface area contributed by atoms with Gasteiger partial charge in [-0.05, 0) is 24.3 Å². The molecule has 0 saturated carbocycles. The fourth-order valence-corrected chi connectivity index (χ4v) is 2.69. The van der Waals surface area contributed by atoms with Gasteiger partial charge in [0.1, 0.15) is 0 Å². The van der Waals surface area contributed by atoms with E-state index in [4.69, 9.17) is 0 Å². The molecule has 2 aromatic carbocycles. The van der Waals surface area contributed by atoms with Crippen molar-refractivity contribution in [3.05, 3.63) is 61.1 Å². The van der Waals surface area contributed by atoms with Crippen molar-refractivity contribution in [3.8, 4) is 0 Å². The van der Waals surface area contributed by atoms with Crippen LogP contribution in [0.5, 0.6) is 0 Å². The third kappa shape index (κ3) is 3.77. The first kappa shape index (κ1) is 18.5. The van der Waals surface area contributed by atoms with Crippen LogP contribution in [0.15, 0.2) is 40.9 Å². The van der Waals surface area contributed by atoms with Gasteiger partial charge in [0.25, 0.3) is 0 Å². The lowest BCUT2D eigenvalue weighted by atomic mass is 10.2. The Bertz CT molecular complexity index is 1050. The second-order valence-electron chi connectivity index (χ2n) is 5.77.